The van der Waals surface area contributed by atoms with Crippen LogP contribution in [-0.4, -0.2) is 39.0 Å². The van der Waals surface area contributed by atoms with E-state index in [0.29, 0.717) is 5.56 Å². The minimum atomic E-state index is -3.67. The second-order valence-electron chi connectivity index (χ2n) is 5.52. The van der Waals surface area contributed by atoms with Crippen LogP contribution in [0.2, 0.25) is 5.02 Å². The summed E-state index contributed by atoms with van der Waals surface area (Å²) in [5.41, 5.74) is 0.343. The Labute approximate surface area is 136 Å². The summed E-state index contributed by atoms with van der Waals surface area (Å²) in [6.45, 7) is 4.84. The zero-order valence-corrected chi connectivity index (χ0v) is 14.1. The molecule has 1 aromatic carbocycles. The number of nitriles is 1. The number of piperidine rings is 1. The molecular formula is C15H20ClN3O2S. The molecule has 1 fully saturated rings. The van der Waals surface area contributed by atoms with Crippen LogP contribution in [0.4, 0.5) is 0 Å². The van der Waals surface area contributed by atoms with Gasteiger partial charge in [0.1, 0.15) is 4.90 Å². The fraction of sp³-hybridized carbons (Fsp3) is 0.533. The van der Waals surface area contributed by atoms with Crippen LogP contribution in [0.5, 0.6) is 0 Å². The van der Waals surface area contributed by atoms with E-state index in [4.69, 9.17) is 16.9 Å². The van der Waals surface area contributed by atoms with E-state index in [0.717, 1.165) is 38.9 Å². The molecule has 1 aliphatic rings. The van der Waals surface area contributed by atoms with Gasteiger partial charge in [-0.1, -0.05) is 18.5 Å². The van der Waals surface area contributed by atoms with Crippen molar-refractivity contribution in [1.29, 1.82) is 5.26 Å². The number of rotatable bonds is 5. The van der Waals surface area contributed by atoms with Gasteiger partial charge in [0.25, 0.3) is 0 Å². The first kappa shape index (κ1) is 17.2. The Balaban J connectivity index is 2.12. The smallest absolute Gasteiger partial charge is 0.242 e. The standard InChI is InChI=1S/C15H20ClN3O2S/c1-2-7-19-8-3-4-13(11-19)18-22(20,21)15-6-5-12(10-17)9-14(15)16/h5-6,9,13,18H,2-4,7-8,11H2,1H3/t13-/m1/s1. The zero-order chi connectivity index (χ0) is 16.2. The Bertz CT molecular complexity index is 668. The van der Waals surface area contributed by atoms with Crippen molar-refractivity contribution in [3.8, 4) is 6.07 Å². The first-order valence-electron chi connectivity index (χ1n) is 7.40. The van der Waals surface area contributed by atoms with Crippen LogP contribution in [-0.2, 0) is 10.0 Å². The lowest BCUT2D eigenvalue weighted by atomic mass is 10.1. The molecule has 120 valence electrons. The van der Waals surface area contributed by atoms with Crippen molar-refractivity contribution in [1.82, 2.24) is 9.62 Å². The highest BCUT2D eigenvalue weighted by atomic mass is 35.5. The van der Waals surface area contributed by atoms with Crippen LogP contribution in [0.25, 0.3) is 0 Å². The summed E-state index contributed by atoms with van der Waals surface area (Å²) in [5, 5.41) is 8.89. The highest BCUT2D eigenvalue weighted by Crippen LogP contribution is 2.23. The molecule has 1 heterocycles. The van der Waals surface area contributed by atoms with Gasteiger partial charge in [-0.05, 0) is 50.6 Å². The van der Waals surface area contributed by atoms with E-state index < -0.39 is 10.0 Å². The summed E-state index contributed by atoms with van der Waals surface area (Å²) in [6, 6.07) is 6.06. The molecule has 1 N–H and O–H groups in total. The average Bonchev–Trinajstić information content (AvgIpc) is 2.47. The second kappa shape index (κ2) is 7.42. The molecule has 0 saturated carbocycles. The van der Waals surface area contributed by atoms with Gasteiger partial charge in [0, 0.05) is 12.6 Å². The lowest BCUT2D eigenvalue weighted by Gasteiger charge is -2.32. The first-order valence-corrected chi connectivity index (χ1v) is 9.26. The van der Waals surface area contributed by atoms with Crippen molar-refractivity contribution in [3.63, 3.8) is 0 Å². The van der Waals surface area contributed by atoms with Gasteiger partial charge in [-0.15, -0.1) is 0 Å². The highest BCUT2D eigenvalue weighted by Gasteiger charge is 2.26. The number of nitrogens with one attached hydrogen (secondary N) is 1. The number of halogens is 1. The molecule has 0 spiro atoms. The molecule has 1 saturated heterocycles. The summed E-state index contributed by atoms with van der Waals surface area (Å²) in [5.74, 6) is 0. The monoisotopic (exact) mass is 341 g/mol. The molecule has 0 radical (unpaired) electrons. The fourth-order valence-corrected chi connectivity index (χ4v) is 4.55. The summed E-state index contributed by atoms with van der Waals surface area (Å²) >= 11 is 6.01. The molecule has 2 rings (SSSR count). The maximum absolute atomic E-state index is 12.5. The van der Waals surface area contributed by atoms with Crippen LogP contribution in [0.3, 0.4) is 0 Å². The molecular weight excluding hydrogens is 322 g/mol. The van der Waals surface area contributed by atoms with Crippen molar-refractivity contribution >= 4 is 21.6 Å². The molecule has 5 nitrogen and oxygen atoms in total. The Kier molecular flexibility index (Phi) is 5.81. The van der Waals surface area contributed by atoms with Gasteiger partial charge in [0.2, 0.25) is 10.0 Å². The summed E-state index contributed by atoms with van der Waals surface area (Å²) in [4.78, 5) is 2.30. The number of hydrogen-bond donors (Lipinski definition) is 1. The number of nitrogens with zero attached hydrogens (tertiary/aromatic N) is 2. The van der Waals surface area contributed by atoms with Gasteiger partial charge in [-0.25, -0.2) is 13.1 Å². The fourth-order valence-electron chi connectivity index (χ4n) is 2.74. The predicted molar refractivity (Wildman–Crippen MR) is 86.2 cm³/mol. The first-order chi connectivity index (χ1) is 10.5. The van der Waals surface area contributed by atoms with Crippen LogP contribution in [0.1, 0.15) is 31.7 Å². The topological polar surface area (TPSA) is 73.2 Å². The van der Waals surface area contributed by atoms with Gasteiger partial charge >= 0.3 is 0 Å². The molecule has 0 bridgehead atoms. The van der Waals surface area contributed by atoms with E-state index >= 15 is 0 Å². The van der Waals surface area contributed by atoms with E-state index in [1.807, 2.05) is 6.07 Å². The Hall–Kier alpha value is -1.13. The largest absolute Gasteiger partial charge is 0.302 e. The Morgan fingerprint density at radius 2 is 2.27 bits per heavy atom. The van der Waals surface area contributed by atoms with Gasteiger partial charge in [-0.2, -0.15) is 5.26 Å². The Morgan fingerprint density at radius 3 is 2.91 bits per heavy atom. The van der Waals surface area contributed by atoms with E-state index in [1.165, 1.54) is 18.2 Å². The average molecular weight is 342 g/mol. The molecule has 0 aromatic heterocycles. The third-order valence-corrected chi connectivity index (χ3v) is 5.72. The third-order valence-electron chi connectivity index (χ3n) is 3.72. The van der Waals surface area contributed by atoms with Crippen LogP contribution < -0.4 is 4.72 Å². The minimum Gasteiger partial charge on any atom is -0.302 e. The van der Waals surface area contributed by atoms with Crippen molar-refractivity contribution in [2.75, 3.05) is 19.6 Å². The summed E-state index contributed by atoms with van der Waals surface area (Å²) in [7, 11) is -3.67. The van der Waals surface area contributed by atoms with E-state index in [2.05, 4.69) is 16.5 Å². The maximum atomic E-state index is 12.5. The minimum absolute atomic E-state index is 0.0285. The molecule has 0 aliphatic carbocycles. The van der Waals surface area contributed by atoms with Crippen molar-refractivity contribution in [2.45, 2.75) is 37.1 Å². The van der Waals surface area contributed by atoms with Gasteiger partial charge in [0.05, 0.1) is 16.7 Å². The zero-order valence-electron chi connectivity index (χ0n) is 12.5. The predicted octanol–water partition coefficient (Wildman–Crippen LogP) is 2.36. The van der Waals surface area contributed by atoms with Crippen LogP contribution >= 0.6 is 11.6 Å². The maximum Gasteiger partial charge on any atom is 0.242 e. The van der Waals surface area contributed by atoms with Crippen LogP contribution in [0.15, 0.2) is 23.1 Å². The van der Waals surface area contributed by atoms with E-state index in [-0.39, 0.29) is 16.0 Å². The summed E-state index contributed by atoms with van der Waals surface area (Å²) in [6.07, 6.45) is 2.86. The lowest BCUT2D eigenvalue weighted by molar-refractivity contribution is 0.202. The van der Waals surface area contributed by atoms with Gasteiger partial charge in [0.15, 0.2) is 0 Å². The van der Waals surface area contributed by atoms with Gasteiger partial charge in [-0.3, -0.25) is 0 Å². The SMILES string of the molecule is CCCN1CCC[C@@H](NS(=O)(=O)c2ccc(C#N)cc2Cl)C1. The quantitative estimate of drug-likeness (QED) is 0.892. The molecule has 22 heavy (non-hydrogen) atoms. The molecule has 1 atom stereocenters. The van der Waals surface area contributed by atoms with Crippen molar-refractivity contribution in [3.05, 3.63) is 28.8 Å². The number of sulfonamides is 1. The Morgan fingerprint density at radius 1 is 1.50 bits per heavy atom. The number of hydrogen-bond acceptors (Lipinski definition) is 4. The third kappa shape index (κ3) is 4.20. The van der Waals surface area contributed by atoms with Gasteiger partial charge < -0.3 is 4.90 Å². The van der Waals surface area contributed by atoms with Crippen molar-refractivity contribution in [2.24, 2.45) is 0 Å². The second-order valence-corrected chi connectivity index (χ2v) is 7.61. The lowest BCUT2D eigenvalue weighted by Crippen LogP contribution is -2.47. The molecule has 0 amide bonds. The highest BCUT2D eigenvalue weighted by molar-refractivity contribution is 7.89. The normalized spacial score (nSPS) is 19.8. The number of likely N-dealkylation sites (tertiary alicyclic amines) is 1. The van der Waals surface area contributed by atoms with E-state index in [9.17, 15) is 8.42 Å². The van der Waals surface area contributed by atoms with Crippen LogP contribution in [0, 0.1) is 11.3 Å². The molecule has 0 unspecified atom stereocenters. The molecule has 1 aromatic rings. The molecule has 7 heteroatoms. The summed E-state index contributed by atoms with van der Waals surface area (Å²) < 4.78 is 27.7. The van der Waals surface area contributed by atoms with Crippen molar-refractivity contribution < 1.29 is 8.42 Å². The van der Waals surface area contributed by atoms with E-state index in [1.54, 1.807) is 0 Å². The molecule has 1 aliphatic heterocycles. The number of benzene rings is 1.